The van der Waals surface area contributed by atoms with Crippen molar-refractivity contribution in [1.29, 1.82) is 0 Å². The largest absolute Gasteiger partial charge is 0.496 e. The van der Waals surface area contributed by atoms with Crippen molar-refractivity contribution in [2.24, 2.45) is 4.99 Å². The first-order chi connectivity index (χ1) is 13.5. The van der Waals surface area contributed by atoms with E-state index in [1.165, 1.54) is 0 Å². The molecule has 1 fully saturated rings. The highest BCUT2D eigenvalue weighted by molar-refractivity contribution is 14.0. The predicted molar refractivity (Wildman–Crippen MR) is 130 cm³/mol. The van der Waals surface area contributed by atoms with Crippen molar-refractivity contribution < 1.29 is 9.53 Å². The van der Waals surface area contributed by atoms with Gasteiger partial charge < -0.3 is 20.7 Å². The number of nitrogens with one attached hydrogen (secondary N) is 3. The zero-order valence-corrected chi connectivity index (χ0v) is 20.5. The lowest BCUT2D eigenvalue weighted by Crippen LogP contribution is -2.50. The van der Waals surface area contributed by atoms with Crippen molar-refractivity contribution in [2.75, 3.05) is 40.3 Å². The van der Waals surface area contributed by atoms with Crippen molar-refractivity contribution in [3.63, 3.8) is 0 Å². The number of rotatable bonds is 8. The minimum Gasteiger partial charge on any atom is -0.496 e. The number of methoxy groups -OCH3 is 1. The van der Waals surface area contributed by atoms with Gasteiger partial charge in [0.15, 0.2) is 5.96 Å². The monoisotopic (exact) mass is 537 g/mol. The highest BCUT2D eigenvalue weighted by Gasteiger charge is 2.21. The Balaban J connectivity index is 0.00000420. The highest BCUT2D eigenvalue weighted by atomic mass is 127. The molecule has 9 heteroatoms. The fourth-order valence-corrected chi connectivity index (χ4v) is 3.35. The first kappa shape index (κ1) is 25.8. The van der Waals surface area contributed by atoms with Gasteiger partial charge in [0, 0.05) is 49.9 Å². The Morgan fingerprint density at radius 3 is 2.66 bits per heavy atom. The fraction of sp³-hybridized carbons (Fsp3) is 0.600. The van der Waals surface area contributed by atoms with Crippen LogP contribution in [0.15, 0.2) is 23.2 Å². The van der Waals surface area contributed by atoms with Gasteiger partial charge in [-0.1, -0.05) is 24.6 Å². The number of likely N-dealkylation sites (tertiary alicyclic amines) is 1. The molecule has 0 bridgehead atoms. The van der Waals surface area contributed by atoms with E-state index in [-0.39, 0.29) is 29.9 Å². The maximum atomic E-state index is 11.9. The molecule has 2 rings (SSSR count). The SMILES string of the molecule is CCCNC(=O)CN1CCC(NC(=NC)NCc2ccc(Cl)cc2OC)CC1.I. The van der Waals surface area contributed by atoms with E-state index < -0.39 is 0 Å². The molecule has 1 amide bonds. The van der Waals surface area contributed by atoms with E-state index in [0.717, 1.165) is 56.2 Å². The Labute approximate surface area is 196 Å². The number of hydrogen-bond donors (Lipinski definition) is 3. The average molecular weight is 538 g/mol. The number of aliphatic imine (C=N–C) groups is 1. The first-order valence-corrected chi connectivity index (χ1v) is 10.2. The summed E-state index contributed by atoms with van der Waals surface area (Å²) in [7, 11) is 3.40. The van der Waals surface area contributed by atoms with Crippen LogP contribution in [0.3, 0.4) is 0 Å². The molecule has 0 spiro atoms. The smallest absolute Gasteiger partial charge is 0.234 e. The van der Waals surface area contributed by atoms with Gasteiger partial charge in [-0.25, -0.2) is 0 Å². The Hall–Kier alpha value is -1.26. The lowest BCUT2D eigenvalue weighted by Gasteiger charge is -2.32. The van der Waals surface area contributed by atoms with Crippen LogP contribution in [0, 0.1) is 0 Å². The summed E-state index contributed by atoms with van der Waals surface area (Å²) in [5.74, 6) is 1.63. The van der Waals surface area contributed by atoms with E-state index >= 15 is 0 Å². The zero-order valence-electron chi connectivity index (χ0n) is 17.5. The molecule has 0 saturated carbocycles. The van der Waals surface area contributed by atoms with Crippen LogP contribution in [-0.2, 0) is 11.3 Å². The molecule has 1 aliphatic rings. The number of ether oxygens (including phenoxy) is 1. The van der Waals surface area contributed by atoms with Crippen LogP contribution >= 0.6 is 35.6 Å². The Kier molecular flexibility index (Phi) is 12.3. The summed E-state index contributed by atoms with van der Waals surface area (Å²) in [6.07, 6.45) is 2.92. The fourth-order valence-electron chi connectivity index (χ4n) is 3.19. The van der Waals surface area contributed by atoms with Gasteiger partial charge in [0.05, 0.1) is 13.7 Å². The van der Waals surface area contributed by atoms with E-state index in [0.29, 0.717) is 24.2 Å². The standard InChI is InChI=1S/C20H32ClN5O2.HI/c1-4-9-23-19(27)14-26-10-7-17(8-11-26)25-20(22-2)24-13-15-5-6-16(21)12-18(15)28-3;/h5-6,12,17H,4,7-11,13-14H2,1-3H3,(H,23,27)(H2,22,24,25);1H. The summed E-state index contributed by atoms with van der Waals surface area (Å²) >= 11 is 6.02. The molecule has 0 radical (unpaired) electrons. The first-order valence-electron chi connectivity index (χ1n) is 9.84. The third-order valence-corrected chi connectivity index (χ3v) is 5.02. The zero-order chi connectivity index (χ0) is 20.4. The molecular weight excluding hydrogens is 505 g/mol. The van der Waals surface area contributed by atoms with E-state index in [4.69, 9.17) is 16.3 Å². The molecule has 0 aromatic heterocycles. The van der Waals surface area contributed by atoms with Gasteiger partial charge in [-0.2, -0.15) is 0 Å². The van der Waals surface area contributed by atoms with Gasteiger partial charge in [-0.15, -0.1) is 24.0 Å². The third kappa shape index (κ3) is 8.96. The second kappa shape index (κ2) is 13.9. The maximum absolute atomic E-state index is 11.9. The van der Waals surface area contributed by atoms with Gasteiger partial charge >= 0.3 is 0 Å². The van der Waals surface area contributed by atoms with Gasteiger partial charge in [-0.05, 0) is 31.4 Å². The number of piperidine rings is 1. The van der Waals surface area contributed by atoms with Gasteiger partial charge in [0.1, 0.15) is 5.75 Å². The topological polar surface area (TPSA) is 78.0 Å². The summed E-state index contributed by atoms with van der Waals surface area (Å²) in [4.78, 5) is 18.4. The van der Waals surface area contributed by atoms with Crippen LogP contribution in [0.1, 0.15) is 31.7 Å². The van der Waals surface area contributed by atoms with Crippen LogP contribution in [-0.4, -0.2) is 63.1 Å². The number of hydrogen-bond acceptors (Lipinski definition) is 4. The van der Waals surface area contributed by atoms with E-state index in [1.54, 1.807) is 20.2 Å². The minimum absolute atomic E-state index is 0. The van der Waals surface area contributed by atoms with Crippen molar-refractivity contribution in [3.8, 4) is 5.75 Å². The van der Waals surface area contributed by atoms with Crippen LogP contribution < -0.4 is 20.7 Å². The quantitative estimate of drug-likeness (QED) is 0.270. The van der Waals surface area contributed by atoms with Crippen LogP contribution in [0.25, 0.3) is 0 Å². The van der Waals surface area contributed by atoms with Gasteiger partial charge in [0.25, 0.3) is 0 Å². The van der Waals surface area contributed by atoms with Gasteiger partial charge in [-0.3, -0.25) is 14.7 Å². The number of guanidine groups is 1. The number of benzene rings is 1. The lowest BCUT2D eigenvalue weighted by molar-refractivity contribution is -0.122. The van der Waals surface area contributed by atoms with Crippen molar-refractivity contribution in [3.05, 3.63) is 28.8 Å². The molecule has 29 heavy (non-hydrogen) atoms. The molecule has 0 atom stereocenters. The van der Waals surface area contributed by atoms with E-state index in [9.17, 15) is 4.79 Å². The molecule has 7 nitrogen and oxygen atoms in total. The normalized spacial score (nSPS) is 15.4. The van der Waals surface area contributed by atoms with Crippen LogP contribution in [0.5, 0.6) is 5.75 Å². The summed E-state index contributed by atoms with van der Waals surface area (Å²) < 4.78 is 5.39. The second-order valence-corrected chi connectivity index (χ2v) is 7.36. The molecule has 3 N–H and O–H groups in total. The molecule has 1 aromatic carbocycles. The van der Waals surface area contributed by atoms with Crippen molar-refractivity contribution in [2.45, 2.75) is 38.8 Å². The maximum Gasteiger partial charge on any atom is 0.234 e. The number of nitrogens with zero attached hydrogens (tertiary/aromatic N) is 2. The number of carbonyl (C=O) groups excluding carboxylic acids is 1. The summed E-state index contributed by atoms with van der Waals surface area (Å²) in [6, 6.07) is 5.95. The van der Waals surface area contributed by atoms with Gasteiger partial charge in [0.2, 0.25) is 5.91 Å². The van der Waals surface area contributed by atoms with Crippen LogP contribution in [0.2, 0.25) is 5.02 Å². The summed E-state index contributed by atoms with van der Waals surface area (Å²) in [5, 5.41) is 10.4. The number of halogens is 2. The average Bonchev–Trinajstić information content (AvgIpc) is 2.71. The Morgan fingerprint density at radius 2 is 2.03 bits per heavy atom. The summed E-state index contributed by atoms with van der Waals surface area (Å²) in [5.41, 5.74) is 1.02. The number of amides is 1. The second-order valence-electron chi connectivity index (χ2n) is 6.93. The van der Waals surface area contributed by atoms with Crippen molar-refractivity contribution in [1.82, 2.24) is 20.9 Å². The third-order valence-electron chi connectivity index (χ3n) is 4.79. The van der Waals surface area contributed by atoms with E-state index in [1.807, 2.05) is 12.1 Å². The minimum atomic E-state index is 0. The molecule has 1 aromatic rings. The number of carbonyl (C=O) groups is 1. The highest BCUT2D eigenvalue weighted by Crippen LogP contribution is 2.22. The van der Waals surface area contributed by atoms with Crippen LogP contribution in [0.4, 0.5) is 0 Å². The lowest BCUT2D eigenvalue weighted by atomic mass is 10.1. The molecule has 0 unspecified atom stereocenters. The molecule has 1 aliphatic heterocycles. The molecular formula is C20H33ClIN5O2. The van der Waals surface area contributed by atoms with Crippen molar-refractivity contribution >= 4 is 47.4 Å². The molecule has 1 heterocycles. The van der Waals surface area contributed by atoms with E-state index in [2.05, 4.69) is 32.8 Å². The molecule has 1 saturated heterocycles. The Morgan fingerprint density at radius 1 is 1.31 bits per heavy atom. The predicted octanol–water partition coefficient (Wildman–Crippen LogP) is 2.62. The molecule has 164 valence electrons. The summed E-state index contributed by atoms with van der Waals surface area (Å²) in [6.45, 7) is 5.68. The Bertz CT molecular complexity index is 666. The molecule has 0 aliphatic carbocycles.